The molecule has 0 spiro atoms. The van der Waals surface area contributed by atoms with Crippen LogP contribution in [0.15, 0.2) is 11.5 Å². The minimum atomic E-state index is -0.958. The van der Waals surface area contributed by atoms with E-state index in [2.05, 4.69) is 0 Å². The Hall–Kier alpha value is -2.38. The van der Waals surface area contributed by atoms with E-state index in [9.17, 15) is 19.2 Å². The number of rotatable bonds is 3. The van der Waals surface area contributed by atoms with E-state index >= 15 is 0 Å². The summed E-state index contributed by atoms with van der Waals surface area (Å²) in [4.78, 5) is 47.1. The molecule has 2 aliphatic heterocycles. The molecule has 0 N–H and O–H groups in total. The number of hydrogen-bond acceptors (Lipinski definition) is 7. The van der Waals surface area contributed by atoms with Gasteiger partial charge in [0.1, 0.15) is 11.5 Å². The summed E-state index contributed by atoms with van der Waals surface area (Å²) in [5, 5.41) is 0. The molecule has 0 aromatic carbocycles. The van der Waals surface area contributed by atoms with Crippen LogP contribution < -0.4 is 0 Å². The number of nitrogens with zero attached hydrogens (tertiary/aromatic N) is 1. The largest absolute Gasteiger partial charge is 0.456 e. The van der Waals surface area contributed by atoms with E-state index in [1.165, 1.54) is 25.7 Å². The Balaban J connectivity index is 2.41. The Labute approximate surface area is 127 Å². The monoisotopic (exact) mass is 311 g/mol. The first-order chi connectivity index (χ1) is 10.3. The van der Waals surface area contributed by atoms with Gasteiger partial charge in [-0.3, -0.25) is 19.2 Å². The van der Waals surface area contributed by atoms with Crippen LogP contribution in [-0.4, -0.2) is 47.5 Å². The van der Waals surface area contributed by atoms with Gasteiger partial charge in [0.2, 0.25) is 5.91 Å². The van der Waals surface area contributed by atoms with E-state index < -0.39 is 30.1 Å². The molecule has 0 bridgehead atoms. The van der Waals surface area contributed by atoms with Crippen LogP contribution in [0.3, 0.4) is 0 Å². The Morgan fingerprint density at radius 2 is 1.64 bits per heavy atom. The maximum Gasteiger partial charge on any atom is 0.307 e. The Morgan fingerprint density at radius 1 is 1.00 bits per heavy atom. The van der Waals surface area contributed by atoms with Crippen molar-refractivity contribution in [3.8, 4) is 0 Å². The molecule has 2 atom stereocenters. The Morgan fingerprint density at radius 3 is 2.18 bits per heavy atom. The molecule has 0 aliphatic carbocycles. The summed E-state index contributed by atoms with van der Waals surface area (Å²) in [6, 6.07) is 0. The summed E-state index contributed by atoms with van der Waals surface area (Å²) in [6.07, 6.45) is -1.37. The quantitative estimate of drug-likeness (QED) is 0.544. The van der Waals surface area contributed by atoms with E-state index in [-0.39, 0.29) is 36.7 Å². The standard InChI is InChI=1S/C14H17NO7/c1-7(16)20-10-4-5-12(19)15-6-11(21-8(2)17)14(13(10)15)22-9(3)18/h11,14H,4-6H2,1-3H3/t11-,14-/m1/s1. The molecule has 1 fully saturated rings. The third kappa shape index (κ3) is 3.26. The fourth-order valence-electron chi connectivity index (χ4n) is 2.63. The zero-order chi connectivity index (χ0) is 16.4. The summed E-state index contributed by atoms with van der Waals surface area (Å²) in [6.45, 7) is 3.75. The number of allylic oxidation sites excluding steroid dienone is 1. The third-order valence-corrected chi connectivity index (χ3v) is 3.29. The van der Waals surface area contributed by atoms with Gasteiger partial charge in [-0.15, -0.1) is 0 Å². The molecule has 22 heavy (non-hydrogen) atoms. The van der Waals surface area contributed by atoms with Crippen LogP contribution in [0, 0.1) is 0 Å². The summed E-state index contributed by atoms with van der Waals surface area (Å²) in [5.74, 6) is -1.60. The smallest absolute Gasteiger partial charge is 0.307 e. The fourth-order valence-corrected chi connectivity index (χ4v) is 2.63. The molecule has 1 saturated heterocycles. The second-order valence-corrected chi connectivity index (χ2v) is 5.08. The molecule has 2 aliphatic rings. The first kappa shape index (κ1) is 16.0. The predicted molar refractivity (Wildman–Crippen MR) is 70.8 cm³/mol. The average Bonchev–Trinajstić information content (AvgIpc) is 2.71. The van der Waals surface area contributed by atoms with Crippen molar-refractivity contribution in [3.05, 3.63) is 11.5 Å². The number of hydrogen-bond donors (Lipinski definition) is 0. The van der Waals surface area contributed by atoms with Gasteiger partial charge in [0.25, 0.3) is 0 Å². The minimum Gasteiger partial charge on any atom is -0.456 e. The first-order valence-corrected chi connectivity index (χ1v) is 6.86. The lowest BCUT2D eigenvalue weighted by molar-refractivity contribution is -0.159. The van der Waals surface area contributed by atoms with Crippen LogP contribution in [-0.2, 0) is 33.4 Å². The van der Waals surface area contributed by atoms with E-state index in [0.717, 1.165) is 0 Å². The van der Waals surface area contributed by atoms with Crippen molar-refractivity contribution in [2.45, 2.75) is 45.8 Å². The van der Waals surface area contributed by atoms with Crippen LogP contribution in [0.4, 0.5) is 0 Å². The van der Waals surface area contributed by atoms with Crippen molar-refractivity contribution < 1.29 is 33.4 Å². The molecule has 8 heteroatoms. The third-order valence-electron chi connectivity index (χ3n) is 3.29. The molecule has 0 unspecified atom stereocenters. The van der Waals surface area contributed by atoms with Gasteiger partial charge in [0.15, 0.2) is 12.2 Å². The summed E-state index contributed by atoms with van der Waals surface area (Å²) in [5.41, 5.74) is 0.285. The highest BCUT2D eigenvalue weighted by Crippen LogP contribution is 2.36. The number of ether oxygens (including phenoxy) is 3. The maximum absolute atomic E-state index is 12.0. The lowest BCUT2D eigenvalue weighted by atomic mass is 10.1. The van der Waals surface area contributed by atoms with Crippen LogP contribution in [0.5, 0.6) is 0 Å². The maximum atomic E-state index is 12.0. The van der Waals surface area contributed by atoms with Crippen molar-refractivity contribution in [1.82, 2.24) is 4.90 Å². The molecule has 0 radical (unpaired) electrons. The van der Waals surface area contributed by atoms with Crippen molar-refractivity contribution in [3.63, 3.8) is 0 Å². The lowest BCUT2D eigenvalue weighted by Crippen LogP contribution is -2.34. The van der Waals surface area contributed by atoms with E-state index in [1.54, 1.807) is 0 Å². The van der Waals surface area contributed by atoms with Gasteiger partial charge in [-0.2, -0.15) is 0 Å². The van der Waals surface area contributed by atoms with E-state index in [1.807, 2.05) is 0 Å². The SMILES string of the molecule is CC(=O)OC1=C2[C@H](OC(C)=O)[C@H](OC(C)=O)CN2C(=O)CC1. The number of carbonyl (C=O) groups excluding carboxylic acids is 4. The van der Waals surface area contributed by atoms with Crippen molar-refractivity contribution in [2.75, 3.05) is 6.54 Å². The van der Waals surface area contributed by atoms with Crippen molar-refractivity contribution in [2.24, 2.45) is 0 Å². The van der Waals surface area contributed by atoms with Gasteiger partial charge < -0.3 is 19.1 Å². The molecule has 2 rings (SSSR count). The van der Waals surface area contributed by atoms with Gasteiger partial charge in [-0.05, 0) is 0 Å². The minimum absolute atomic E-state index is 0.0659. The highest BCUT2D eigenvalue weighted by atomic mass is 16.6. The number of carbonyl (C=O) groups is 4. The van der Waals surface area contributed by atoms with Gasteiger partial charge >= 0.3 is 17.9 Å². The topological polar surface area (TPSA) is 99.2 Å². The first-order valence-electron chi connectivity index (χ1n) is 6.86. The number of amides is 1. The summed E-state index contributed by atoms with van der Waals surface area (Å²) in [7, 11) is 0. The molecule has 8 nitrogen and oxygen atoms in total. The molecular formula is C14H17NO7. The fraction of sp³-hybridized carbons (Fsp3) is 0.571. The zero-order valence-corrected chi connectivity index (χ0v) is 12.6. The highest BCUT2D eigenvalue weighted by molar-refractivity contribution is 5.82. The molecule has 2 heterocycles. The van der Waals surface area contributed by atoms with Crippen LogP contribution in [0.25, 0.3) is 0 Å². The molecule has 120 valence electrons. The van der Waals surface area contributed by atoms with Gasteiger partial charge in [0, 0.05) is 33.6 Å². The molecule has 0 aromatic heterocycles. The summed E-state index contributed by atoms with van der Waals surface area (Å²) >= 11 is 0. The number of fused-ring (bicyclic) bond motifs is 1. The predicted octanol–water partition coefficient (Wildman–Crippen LogP) is 0.260. The summed E-state index contributed by atoms with van der Waals surface area (Å²) < 4.78 is 15.5. The van der Waals surface area contributed by atoms with Gasteiger partial charge in [-0.1, -0.05) is 0 Å². The van der Waals surface area contributed by atoms with E-state index in [4.69, 9.17) is 14.2 Å². The Bertz CT molecular complexity index is 566. The highest BCUT2D eigenvalue weighted by Gasteiger charge is 2.48. The van der Waals surface area contributed by atoms with Gasteiger partial charge in [0.05, 0.1) is 6.54 Å². The van der Waals surface area contributed by atoms with Crippen LogP contribution in [0.2, 0.25) is 0 Å². The average molecular weight is 311 g/mol. The molecule has 0 saturated carbocycles. The zero-order valence-electron chi connectivity index (χ0n) is 12.6. The van der Waals surface area contributed by atoms with Crippen LogP contribution >= 0.6 is 0 Å². The number of esters is 3. The van der Waals surface area contributed by atoms with Crippen molar-refractivity contribution >= 4 is 23.8 Å². The molecule has 1 amide bonds. The second-order valence-electron chi connectivity index (χ2n) is 5.08. The molecular weight excluding hydrogens is 294 g/mol. The Kier molecular flexibility index (Phi) is 4.48. The van der Waals surface area contributed by atoms with Crippen molar-refractivity contribution in [1.29, 1.82) is 0 Å². The van der Waals surface area contributed by atoms with E-state index in [0.29, 0.717) is 0 Å². The lowest BCUT2D eigenvalue weighted by Gasteiger charge is -2.27. The normalized spacial score (nSPS) is 24.0. The second kappa shape index (κ2) is 6.17. The van der Waals surface area contributed by atoms with Crippen LogP contribution in [0.1, 0.15) is 33.6 Å². The molecule has 0 aromatic rings. The van der Waals surface area contributed by atoms with Gasteiger partial charge in [-0.25, -0.2) is 0 Å².